The van der Waals surface area contributed by atoms with Crippen LogP contribution in [-0.4, -0.2) is 15.1 Å². The Bertz CT molecular complexity index is 703. The minimum Gasteiger partial charge on any atom is -0.507 e. The van der Waals surface area contributed by atoms with Crippen LogP contribution in [0, 0.1) is 6.92 Å². The summed E-state index contributed by atoms with van der Waals surface area (Å²) in [5.74, 6) is 0.230. The average Bonchev–Trinajstić information content (AvgIpc) is 2.39. The molecule has 0 amide bonds. The van der Waals surface area contributed by atoms with Gasteiger partial charge in [-0.1, -0.05) is 12.1 Å². The molecule has 0 aliphatic rings. The molecule has 1 N–H and O–H groups in total. The molecule has 3 heteroatoms. The van der Waals surface area contributed by atoms with Crippen LogP contribution in [0.4, 0.5) is 0 Å². The molecular weight excluding hydrogens is 224 g/mol. The molecular formula is C15H12N2O. The van der Waals surface area contributed by atoms with Crippen molar-refractivity contribution in [3.63, 3.8) is 0 Å². The van der Waals surface area contributed by atoms with Gasteiger partial charge in [-0.15, -0.1) is 0 Å². The lowest BCUT2D eigenvalue weighted by atomic mass is 10.0. The normalized spacial score (nSPS) is 10.7. The second kappa shape index (κ2) is 4.11. The minimum atomic E-state index is 0.230. The van der Waals surface area contributed by atoms with Gasteiger partial charge < -0.3 is 5.11 Å². The van der Waals surface area contributed by atoms with E-state index in [1.165, 1.54) is 0 Å². The van der Waals surface area contributed by atoms with Crippen LogP contribution in [0.5, 0.6) is 5.75 Å². The third kappa shape index (κ3) is 1.70. The molecule has 18 heavy (non-hydrogen) atoms. The number of aryl methyl sites for hydroxylation is 1. The molecule has 0 unspecified atom stereocenters. The smallest absolute Gasteiger partial charge is 0.125 e. The van der Waals surface area contributed by atoms with Crippen molar-refractivity contribution in [1.29, 1.82) is 0 Å². The fourth-order valence-electron chi connectivity index (χ4n) is 2.07. The maximum absolute atomic E-state index is 10.1. The Morgan fingerprint density at radius 3 is 2.67 bits per heavy atom. The van der Waals surface area contributed by atoms with E-state index < -0.39 is 0 Å². The van der Waals surface area contributed by atoms with Gasteiger partial charge >= 0.3 is 0 Å². The van der Waals surface area contributed by atoms with E-state index in [2.05, 4.69) is 9.97 Å². The van der Waals surface area contributed by atoms with Crippen molar-refractivity contribution in [2.75, 3.05) is 0 Å². The third-order valence-corrected chi connectivity index (χ3v) is 2.93. The zero-order valence-electron chi connectivity index (χ0n) is 9.96. The first-order valence-corrected chi connectivity index (χ1v) is 5.75. The Kier molecular flexibility index (Phi) is 2.45. The topological polar surface area (TPSA) is 46.0 Å². The first-order valence-electron chi connectivity index (χ1n) is 5.75. The van der Waals surface area contributed by atoms with E-state index in [4.69, 9.17) is 0 Å². The Labute approximate surface area is 105 Å². The molecule has 0 aliphatic heterocycles. The molecule has 1 aromatic carbocycles. The van der Waals surface area contributed by atoms with E-state index in [0.29, 0.717) is 0 Å². The van der Waals surface area contributed by atoms with Gasteiger partial charge in [0.05, 0.1) is 11.1 Å². The van der Waals surface area contributed by atoms with Gasteiger partial charge in [-0.2, -0.15) is 0 Å². The van der Waals surface area contributed by atoms with Crippen molar-refractivity contribution in [2.45, 2.75) is 6.92 Å². The van der Waals surface area contributed by atoms with Crippen molar-refractivity contribution in [3.05, 3.63) is 54.5 Å². The van der Waals surface area contributed by atoms with Crippen LogP contribution in [0.3, 0.4) is 0 Å². The highest BCUT2D eigenvalue weighted by Crippen LogP contribution is 2.34. The maximum Gasteiger partial charge on any atom is 0.125 e. The van der Waals surface area contributed by atoms with E-state index in [1.54, 1.807) is 18.5 Å². The summed E-state index contributed by atoms with van der Waals surface area (Å²) in [6.07, 6.45) is 3.45. The molecule has 0 aliphatic carbocycles. The van der Waals surface area contributed by atoms with Gasteiger partial charge in [0.1, 0.15) is 5.75 Å². The number of hydrogen-bond donors (Lipinski definition) is 1. The summed E-state index contributed by atoms with van der Waals surface area (Å²) in [5, 5.41) is 11.1. The molecule has 2 heterocycles. The number of rotatable bonds is 1. The van der Waals surface area contributed by atoms with Crippen LogP contribution < -0.4 is 0 Å². The molecule has 0 saturated heterocycles. The highest BCUT2D eigenvalue weighted by Gasteiger charge is 2.10. The van der Waals surface area contributed by atoms with Crippen LogP contribution in [0.25, 0.3) is 22.0 Å². The number of nitrogens with zero attached hydrogens (tertiary/aromatic N) is 2. The Morgan fingerprint density at radius 2 is 1.89 bits per heavy atom. The van der Waals surface area contributed by atoms with Gasteiger partial charge in [-0.05, 0) is 31.2 Å². The molecule has 88 valence electrons. The van der Waals surface area contributed by atoms with Crippen LogP contribution in [-0.2, 0) is 0 Å². The Balaban J connectivity index is 2.40. The van der Waals surface area contributed by atoms with Gasteiger partial charge in [0.25, 0.3) is 0 Å². The zero-order chi connectivity index (χ0) is 12.5. The SMILES string of the molecule is Cc1ccc2ccc(O)c(-c3cccnc3)c2n1. The molecule has 0 bridgehead atoms. The Hall–Kier alpha value is -2.42. The first kappa shape index (κ1) is 10.7. The largest absolute Gasteiger partial charge is 0.507 e. The summed E-state index contributed by atoms with van der Waals surface area (Å²) < 4.78 is 0. The van der Waals surface area contributed by atoms with E-state index in [-0.39, 0.29) is 5.75 Å². The second-order valence-electron chi connectivity index (χ2n) is 4.23. The number of pyridine rings is 2. The summed E-state index contributed by atoms with van der Waals surface area (Å²) >= 11 is 0. The van der Waals surface area contributed by atoms with Crippen LogP contribution in [0.15, 0.2) is 48.8 Å². The van der Waals surface area contributed by atoms with Gasteiger partial charge in [-0.25, -0.2) is 0 Å². The summed E-state index contributed by atoms with van der Waals surface area (Å²) in [7, 11) is 0. The Morgan fingerprint density at radius 1 is 1.06 bits per heavy atom. The van der Waals surface area contributed by atoms with Crippen molar-refractivity contribution < 1.29 is 5.11 Å². The average molecular weight is 236 g/mol. The molecule has 3 nitrogen and oxygen atoms in total. The van der Waals surface area contributed by atoms with E-state index >= 15 is 0 Å². The number of aromatic hydroxyl groups is 1. The van der Waals surface area contributed by atoms with Gasteiger partial charge in [0.2, 0.25) is 0 Å². The molecule has 0 radical (unpaired) electrons. The zero-order valence-corrected chi connectivity index (χ0v) is 9.96. The van der Waals surface area contributed by atoms with Crippen LogP contribution in [0.2, 0.25) is 0 Å². The monoisotopic (exact) mass is 236 g/mol. The van der Waals surface area contributed by atoms with Crippen molar-refractivity contribution in [2.24, 2.45) is 0 Å². The fourth-order valence-corrected chi connectivity index (χ4v) is 2.07. The van der Waals surface area contributed by atoms with E-state index in [0.717, 1.165) is 27.7 Å². The molecule has 0 atom stereocenters. The number of benzene rings is 1. The second-order valence-corrected chi connectivity index (χ2v) is 4.23. The van der Waals surface area contributed by atoms with Crippen molar-refractivity contribution in [3.8, 4) is 16.9 Å². The lowest BCUT2D eigenvalue weighted by Gasteiger charge is -2.08. The number of hydrogen-bond acceptors (Lipinski definition) is 3. The lowest BCUT2D eigenvalue weighted by Crippen LogP contribution is -1.88. The van der Waals surface area contributed by atoms with Crippen LogP contribution in [0.1, 0.15) is 5.69 Å². The number of fused-ring (bicyclic) bond motifs is 1. The van der Waals surface area contributed by atoms with Crippen molar-refractivity contribution >= 4 is 10.9 Å². The van der Waals surface area contributed by atoms with Crippen LogP contribution >= 0.6 is 0 Å². The number of phenols is 1. The highest BCUT2D eigenvalue weighted by atomic mass is 16.3. The number of phenolic OH excluding ortho intramolecular Hbond substituents is 1. The van der Waals surface area contributed by atoms with Crippen molar-refractivity contribution in [1.82, 2.24) is 9.97 Å². The third-order valence-electron chi connectivity index (χ3n) is 2.93. The predicted octanol–water partition coefficient (Wildman–Crippen LogP) is 3.31. The summed E-state index contributed by atoms with van der Waals surface area (Å²) in [4.78, 5) is 8.62. The van der Waals surface area contributed by atoms with Gasteiger partial charge in [-0.3, -0.25) is 9.97 Å². The molecule has 2 aromatic heterocycles. The lowest BCUT2D eigenvalue weighted by molar-refractivity contribution is 0.478. The van der Waals surface area contributed by atoms with Gasteiger partial charge in [0.15, 0.2) is 0 Å². The maximum atomic E-state index is 10.1. The number of aromatic nitrogens is 2. The summed E-state index contributed by atoms with van der Waals surface area (Å²) in [6, 6.07) is 11.3. The molecule has 0 spiro atoms. The predicted molar refractivity (Wildman–Crippen MR) is 71.4 cm³/mol. The van der Waals surface area contributed by atoms with E-state index in [1.807, 2.05) is 37.3 Å². The highest BCUT2D eigenvalue weighted by molar-refractivity contribution is 5.96. The summed E-state index contributed by atoms with van der Waals surface area (Å²) in [6.45, 7) is 1.94. The van der Waals surface area contributed by atoms with Gasteiger partial charge in [0, 0.05) is 29.0 Å². The minimum absolute atomic E-state index is 0.230. The quantitative estimate of drug-likeness (QED) is 0.705. The molecule has 0 saturated carbocycles. The molecule has 3 rings (SSSR count). The fraction of sp³-hybridized carbons (Fsp3) is 0.0667. The standard InChI is InChI=1S/C15H12N2O/c1-10-4-5-11-6-7-13(18)14(15(11)17-10)12-3-2-8-16-9-12/h2-9,18H,1H3. The summed E-state index contributed by atoms with van der Waals surface area (Å²) in [5.41, 5.74) is 3.35. The molecule has 3 aromatic rings. The molecule has 0 fully saturated rings. The van der Waals surface area contributed by atoms with E-state index in [9.17, 15) is 5.11 Å². The first-order chi connectivity index (χ1) is 8.75.